The summed E-state index contributed by atoms with van der Waals surface area (Å²) in [6.07, 6.45) is 0.927. The molecule has 0 unspecified atom stereocenters. The van der Waals surface area contributed by atoms with Gasteiger partial charge < -0.3 is 28.7 Å². The van der Waals surface area contributed by atoms with E-state index in [0.717, 1.165) is 18.0 Å². The Labute approximate surface area is 204 Å². The van der Waals surface area contributed by atoms with E-state index in [4.69, 9.17) is 35.0 Å². The maximum absolute atomic E-state index is 12.9. The van der Waals surface area contributed by atoms with Crippen LogP contribution in [0.4, 0.5) is 5.69 Å². The van der Waals surface area contributed by atoms with E-state index >= 15 is 0 Å². The van der Waals surface area contributed by atoms with Gasteiger partial charge in [-0.05, 0) is 42.6 Å². The van der Waals surface area contributed by atoms with Gasteiger partial charge in [0.05, 0.1) is 34.4 Å². The lowest BCUT2D eigenvalue weighted by molar-refractivity contribution is 0.0991. The molecule has 1 N–H and O–H groups in total. The van der Waals surface area contributed by atoms with Crippen LogP contribution < -0.4 is 29.5 Å². The first-order valence-corrected chi connectivity index (χ1v) is 14.5. The van der Waals surface area contributed by atoms with Crippen molar-refractivity contribution in [2.24, 2.45) is 0 Å². The zero-order chi connectivity index (χ0) is 24.6. The van der Waals surface area contributed by atoms with E-state index < -0.39 is 14.0 Å². The number of halogens is 1. The second-order valence-electron chi connectivity index (χ2n) is 8.82. The number of carbonyl (C=O) groups is 1. The second kappa shape index (κ2) is 9.27. The number of benzene rings is 2. The molecule has 0 spiro atoms. The number of fused-ring (bicyclic) bond motifs is 1. The number of anilines is 1. The van der Waals surface area contributed by atoms with Crippen LogP contribution in [0.5, 0.6) is 28.9 Å². The monoisotopic (exact) mass is 501 g/mol. The first kappa shape index (κ1) is 24.0. The van der Waals surface area contributed by atoms with Crippen LogP contribution in [0.3, 0.4) is 0 Å². The Morgan fingerprint density at radius 2 is 1.74 bits per heavy atom. The number of aryl methyl sites for hydroxylation is 1. The molecule has 4 rings (SSSR count). The normalized spacial score (nSPS) is 13.9. The number of furan rings is 1. The topological polar surface area (TPSA) is 79.2 Å². The van der Waals surface area contributed by atoms with Crippen LogP contribution in [0.25, 0.3) is 0 Å². The molecule has 0 atom stereocenters. The van der Waals surface area contributed by atoms with E-state index in [0.29, 0.717) is 33.7 Å². The molecule has 2 aromatic carbocycles. The average molecular weight is 502 g/mol. The van der Waals surface area contributed by atoms with Crippen LogP contribution in [-0.4, -0.2) is 35.3 Å². The number of methoxy groups -OCH3 is 3. The molecule has 0 fully saturated rings. The zero-order valence-corrected chi connectivity index (χ0v) is 21.9. The fourth-order valence-corrected chi connectivity index (χ4v) is 8.22. The third-order valence-corrected chi connectivity index (χ3v) is 10.00. The summed E-state index contributed by atoms with van der Waals surface area (Å²) in [4.78, 5) is 12.9. The van der Waals surface area contributed by atoms with E-state index in [1.807, 2.05) is 6.07 Å². The lowest BCUT2D eigenvalue weighted by Crippen LogP contribution is -2.39. The van der Waals surface area contributed by atoms with Gasteiger partial charge in [0, 0.05) is 18.2 Å². The second-order valence-corrected chi connectivity index (χ2v) is 14.0. The lowest BCUT2D eigenvalue weighted by Gasteiger charge is -2.20. The predicted octanol–water partition coefficient (Wildman–Crippen LogP) is 5.78. The van der Waals surface area contributed by atoms with E-state index in [9.17, 15) is 4.79 Å². The Morgan fingerprint density at radius 3 is 2.35 bits per heavy atom. The molecule has 0 radical (unpaired) electrons. The van der Waals surface area contributed by atoms with Gasteiger partial charge in [-0.2, -0.15) is 0 Å². The van der Waals surface area contributed by atoms with Gasteiger partial charge in [0.25, 0.3) is 11.9 Å². The fourth-order valence-electron chi connectivity index (χ4n) is 4.58. The van der Waals surface area contributed by atoms with Crippen LogP contribution in [0.15, 0.2) is 34.7 Å². The number of hydrogen-bond acceptors (Lipinski definition) is 6. The van der Waals surface area contributed by atoms with Crippen molar-refractivity contribution in [3.05, 3.63) is 52.2 Å². The SMILES string of the molecule is COc1cc(OC)c(NC(=O)c2ccc(Oc3c(Cl)cc(C)c4c3CC[Si]4(C)C)o2)c(OC)c1. The van der Waals surface area contributed by atoms with Gasteiger partial charge in [-0.25, -0.2) is 0 Å². The molecular weight excluding hydrogens is 474 g/mol. The van der Waals surface area contributed by atoms with Gasteiger partial charge in [-0.3, -0.25) is 4.79 Å². The summed E-state index contributed by atoms with van der Waals surface area (Å²) in [5.74, 6) is 1.71. The van der Waals surface area contributed by atoms with Crippen LogP contribution >= 0.6 is 11.6 Å². The summed E-state index contributed by atoms with van der Waals surface area (Å²) in [6, 6.07) is 9.57. The fraction of sp³-hybridized carbons (Fsp3) is 0.320. The van der Waals surface area contributed by atoms with Crippen LogP contribution in [0, 0.1) is 6.92 Å². The van der Waals surface area contributed by atoms with Crippen molar-refractivity contribution in [1.29, 1.82) is 0 Å². The highest BCUT2D eigenvalue weighted by Crippen LogP contribution is 2.41. The molecule has 1 aliphatic rings. The minimum Gasteiger partial charge on any atom is -0.496 e. The number of carbonyl (C=O) groups excluding carboxylic acids is 1. The standard InChI is InChI=1S/C25H28ClNO6Si/c1-14-11-17(26)23(16-9-10-34(5,6)24(14)16)33-21-8-7-18(32-21)25(28)27-22-19(30-3)12-15(29-2)13-20(22)31-4/h7-8,11-13H,9-10H2,1-6H3,(H,27,28). The number of rotatable bonds is 7. The van der Waals surface area contributed by atoms with E-state index in [1.54, 1.807) is 24.3 Å². The lowest BCUT2D eigenvalue weighted by atomic mass is 10.1. The minimum absolute atomic E-state index is 0.0736. The maximum Gasteiger partial charge on any atom is 0.291 e. The summed E-state index contributed by atoms with van der Waals surface area (Å²) < 4.78 is 27.8. The Kier molecular flexibility index (Phi) is 6.55. The van der Waals surface area contributed by atoms with E-state index in [1.165, 1.54) is 32.1 Å². The van der Waals surface area contributed by atoms with Crippen LogP contribution in [0.2, 0.25) is 24.2 Å². The molecular formula is C25H28ClNO6Si. The van der Waals surface area contributed by atoms with Crippen molar-refractivity contribution >= 4 is 36.5 Å². The number of ether oxygens (including phenoxy) is 4. The largest absolute Gasteiger partial charge is 0.496 e. The molecule has 0 bridgehead atoms. The molecule has 180 valence electrons. The van der Waals surface area contributed by atoms with Gasteiger partial charge >= 0.3 is 0 Å². The minimum atomic E-state index is -1.52. The third-order valence-electron chi connectivity index (χ3n) is 6.17. The molecule has 0 aliphatic carbocycles. The summed E-state index contributed by atoms with van der Waals surface area (Å²) in [5, 5.41) is 4.72. The van der Waals surface area contributed by atoms with Gasteiger partial charge in [0.15, 0.2) is 11.5 Å². The summed E-state index contributed by atoms with van der Waals surface area (Å²) in [6.45, 7) is 6.83. The molecule has 1 amide bonds. The van der Waals surface area contributed by atoms with Gasteiger partial charge in [-0.15, -0.1) is 0 Å². The molecule has 0 saturated heterocycles. The average Bonchev–Trinajstić information content (AvgIpc) is 3.40. The highest BCUT2D eigenvalue weighted by molar-refractivity contribution is 6.91. The quantitative estimate of drug-likeness (QED) is 0.413. The molecule has 2 heterocycles. The predicted molar refractivity (Wildman–Crippen MR) is 135 cm³/mol. The van der Waals surface area contributed by atoms with E-state index in [-0.39, 0.29) is 11.7 Å². The molecule has 9 heteroatoms. The summed E-state index contributed by atoms with van der Waals surface area (Å²) in [7, 11) is 3.01. The Balaban J connectivity index is 1.59. The summed E-state index contributed by atoms with van der Waals surface area (Å²) >= 11 is 6.56. The molecule has 0 saturated carbocycles. The molecule has 34 heavy (non-hydrogen) atoms. The molecule has 7 nitrogen and oxygen atoms in total. The van der Waals surface area contributed by atoms with Crippen LogP contribution in [0.1, 0.15) is 21.7 Å². The van der Waals surface area contributed by atoms with Crippen molar-refractivity contribution in [2.75, 3.05) is 26.6 Å². The van der Waals surface area contributed by atoms with Crippen molar-refractivity contribution in [1.82, 2.24) is 0 Å². The smallest absolute Gasteiger partial charge is 0.291 e. The van der Waals surface area contributed by atoms with Gasteiger partial charge in [0.2, 0.25) is 0 Å². The third kappa shape index (κ3) is 4.35. The van der Waals surface area contributed by atoms with Gasteiger partial charge in [0.1, 0.15) is 22.9 Å². The van der Waals surface area contributed by atoms with E-state index in [2.05, 4.69) is 25.3 Å². The maximum atomic E-state index is 12.9. The van der Waals surface area contributed by atoms with Crippen molar-refractivity contribution in [3.63, 3.8) is 0 Å². The van der Waals surface area contributed by atoms with Crippen molar-refractivity contribution in [2.45, 2.75) is 32.5 Å². The Morgan fingerprint density at radius 1 is 1.06 bits per heavy atom. The highest BCUT2D eigenvalue weighted by atomic mass is 35.5. The number of nitrogens with one attached hydrogen (secondary N) is 1. The highest BCUT2D eigenvalue weighted by Gasteiger charge is 2.36. The van der Waals surface area contributed by atoms with Crippen molar-refractivity contribution in [3.8, 4) is 28.9 Å². The van der Waals surface area contributed by atoms with Crippen LogP contribution in [-0.2, 0) is 6.42 Å². The Hall–Kier alpha value is -3.10. The first-order valence-electron chi connectivity index (χ1n) is 10.9. The molecule has 3 aromatic rings. The Bertz CT molecular complexity index is 1230. The molecule has 1 aromatic heterocycles. The first-order chi connectivity index (χ1) is 16.2. The number of hydrogen-bond donors (Lipinski definition) is 1. The number of amides is 1. The van der Waals surface area contributed by atoms with Gasteiger partial charge in [-0.1, -0.05) is 29.9 Å². The zero-order valence-electron chi connectivity index (χ0n) is 20.1. The summed E-state index contributed by atoms with van der Waals surface area (Å²) in [5.41, 5.74) is 2.72. The molecule has 1 aliphatic heterocycles. The van der Waals surface area contributed by atoms with Crippen molar-refractivity contribution < 1.29 is 28.2 Å².